The van der Waals surface area contributed by atoms with Gasteiger partial charge in [0.15, 0.2) is 0 Å². The van der Waals surface area contributed by atoms with Gasteiger partial charge in [-0.3, -0.25) is 0 Å². The Morgan fingerprint density at radius 1 is 1.15 bits per heavy atom. The van der Waals surface area contributed by atoms with Crippen LogP contribution in [0.25, 0.3) is 0 Å². The van der Waals surface area contributed by atoms with Crippen molar-refractivity contribution >= 4 is 0 Å². The quantitative estimate of drug-likeness (QED) is 0.448. The van der Waals surface area contributed by atoms with Crippen molar-refractivity contribution in [3.63, 3.8) is 0 Å². The van der Waals surface area contributed by atoms with Crippen LogP contribution in [-0.2, 0) is 0 Å². The molecule has 0 amide bonds. The van der Waals surface area contributed by atoms with E-state index in [2.05, 4.69) is 25.1 Å². The van der Waals surface area contributed by atoms with Crippen LogP contribution in [0.2, 0.25) is 0 Å². The molecule has 0 aliphatic rings. The molecule has 0 saturated heterocycles. The Labute approximate surface area is 83.3 Å². The highest BCUT2D eigenvalue weighted by molar-refractivity contribution is 4.82. The standard InChI is InChI=1S/C12H23N/c1-4-5-6-7-10-13-11-8-9-12(2)3/h1,12-13H,5-11H2,2-3H3. The molecule has 0 rings (SSSR count). The number of hydrogen-bond donors (Lipinski definition) is 1. The summed E-state index contributed by atoms with van der Waals surface area (Å²) in [6.45, 7) is 6.83. The largest absolute Gasteiger partial charge is 0.317 e. The summed E-state index contributed by atoms with van der Waals surface area (Å²) < 4.78 is 0. The molecule has 0 aliphatic carbocycles. The first kappa shape index (κ1) is 12.5. The minimum Gasteiger partial charge on any atom is -0.317 e. The summed E-state index contributed by atoms with van der Waals surface area (Å²) in [6.07, 6.45) is 11.1. The maximum absolute atomic E-state index is 5.15. The molecule has 0 radical (unpaired) electrons. The molecule has 0 saturated carbocycles. The zero-order valence-corrected chi connectivity index (χ0v) is 9.10. The van der Waals surface area contributed by atoms with Gasteiger partial charge in [-0.2, -0.15) is 0 Å². The van der Waals surface area contributed by atoms with Gasteiger partial charge in [0.25, 0.3) is 0 Å². The van der Waals surface area contributed by atoms with Gasteiger partial charge in [0.2, 0.25) is 0 Å². The zero-order chi connectivity index (χ0) is 9.94. The molecule has 0 aromatic carbocycles. The summed E-state index contributed by atoms with van der Waals surface area (Å²) in [5, 5.41) is 3.43. The lowest BCUT2D eigenvalue weighted by atomic mass is 10.1. The Bertz CT molecular complexity index is 133. The van der Waals surface area contributed by atoms with Gasteiger partial charge in [0, 0.05) is 6.42 Å². The van der Waals surface area contributed by atoms with Gasteiger partial charge >= 0.3 is 0 Å². The average molecular weight is 181 g/mol. The molecule has 0 aliphatic heterocycles. The van der Waals surface area contributed by atoms with Crippen LogP contribution in [0, 0.1) is 18.3 Å². The molecule has 13 heavy (non-hydrogen) atoms. The summed E-state index contributed by atoms with van der Waals surface area (Å²) in [7, 11) is 0. The van der Waals surface area contributed by atoms with Crippen LogP contribution in [0.15, 0.2) is 0 Å². The number of unbranched alkanes of at least 4 members (excludes halogenated alkanes) is 2. The second-order valence-corrected chi connectivity index (χ2v) is 3.95. The molecule has 0 atom stereocenters. The van der Waals surface area contributed by atoms with Gasteiger partial charge in [-0.05, 0) is 44.7 Å². The highest BCUT2D eigenvalue weighted by Crippen LogP contribution is 2.01. The third-order valence-corrected chi connectivity index (χ3v) is 2.06. The molecule has 1 heteroatoms. The molecule has 1 nitrogen and oxygen atoms in total. The number of hydrogen-bond acceptors (Lipinski definition) is 1. The first-order valence-corrected chi connectivity index (χ1v) is 5.41. The molecule has 0 spiro atoms. The van der Waals surface area contributed by atoms with Gasteiger partial charge in [0.05, 0.1) is 0 Å². The smallest absolute Gasteiger partial charge is 0.00865 e. The summed E-state index contributed by atoms with van der Waals surface area (Å²) in [4.78, 5) is 0. The van der Waals surface area contributed by atoms with E-state index in [4.69, 9.17) is 6.42 Å². The second kappa shape index (κ2) is 9.61. The lowest BCUT2D eigenvalue weighted by Gasteiger charge is -2.05. The fourth-order valence-corrected chi connectivity index (χ4v) is 1.24. The third kappa shape index (κ3) is 11.5. The molecule has 0 aromatic heterocycles. The first-order valence-electron chi connectivity index (χ1n) is 5.41. The Morgan fingerprint density at radius 3 is 2.46 bits per heavy atom. The van der Waals surface area contributed by atoms with Gasteiger partial charge < -0.3 is 5.32 Å². The van der Waals surface area contributed by atoms with Crippen LogP contribution in [0.1, 0.15) is 46.0 Å². The fourth-order valence-electron chi connectivity index (χ4n) is 1.24. The van der Waals surface area contributed by atoms with Crippen LogP contribution in [0.4, 0.5) is 0 Å². The second-order valence-electron chi connectivity index (χ2n) is 3.95. The Morgan fingerprint density at radius 2 is 1.85 bits per heavy atom. The minimum atomic E-state index is 0.836. The normalized spacial score (nSPS) is 10.3. The highest BCUT2D eigenvalue weighted by Gasteiger charge is 1.93. The lowest BCUT2D eigenvalue weighted by Crippen LogP contribution is -2.16. The van der Waals surface area contributed by atoms with Crippen LogP contribution < -0.4 is 5.32 Å². The van der Waals surface area contributed by atoms with E-state index >= 15 is 0 Å². The van der Waals surface area contributed by atoms with Crippen LogP contribution in [0.3, 0.4) is 0 Å². The minimum absolute atomic E-state index is 0.836. The van der Waals surface area contributed by atoms with Crippen molar-refractivity contribution in [2.24, 2.45) is 5.92 Å². The third-order valence-electron chi connectivity index (χ3n) is 2.06. The molecule has 76 valence electrons. The SMILES string of the molecule is C#CCCCCNCCCC(C)C. The Kier molecular flexibility index (Phi) is 9.25. The van der Waals surface area contributed by atoms with Crippen molar-refractivity contribution in [2.45, 2.75) is 46.0 Å². The lowest BCUT2D eigenvalue weighted by molar-refractivity contribution is 0.521. The van der Waals surface area contributed by atoms with E-state index < -0.39 is 0 Å². The maximum Gasteiger partial charge on any atom is 0.00865 e. The maximum atomic E-state index is 5.15. The fraction of sp³-hybridized carbons (Fsp3) is 0.833. The van der Waals surface area contributed by atoms with E-state index in [1.165, 1.54) is 19.3 Å². The predicted molar refractivity (Wildman–Crippen MR) is 59.6 cm³/mol. The molecule has 0 heterocycles. The molecule has 0 unspecified atom stereocenters. The van der Waals surface area contributed by atoms with Crippen LogP contribution in [0.5, 0.6) is 0 Å². The predicted octanol–water partition coefficient (Wildman–Crippen LogP) is 2.82. The topological polar surface area (TPSA) is 12.0 Å². The first-order chi connectivity index (χ1) is 6.27. The average Bonchev–Trinajstić information content (AvgIpc) is 2.09. The molecule has 0 fully saturated rings. The van der Waals surface area contributed by atoms with E-state index in [9.17, 15) is 0 Å². The highest BCUT2D eigenvalue weighted by atomic mass is 14.8. The van der Waals surface area contributed by atoms with Gasteiger partial charge in [-0.1, -0.05) is 13.8 Å². The monoisotopic (exact) mass is 181 g/mol. The van der Waals surface area contributed by atoms with E-state index in [0.717, 1.165) is 31.8 Å². The summed E-state index contributed by atoms with van der Waals surface area (Å²) in [5.41, 5.74) is 0. The zero-order valence-electron chi connectivity index (χ0n) is 9.10. The van der Waals surface area contributed by atoms with Crippen molar-refractivity contribution in [3.05, 3.63) is 0 Å². The summed E-state index contributed by atoms with van der Waals surface area (Å²) in [5.74, 6) is 3.49. The number of nitrogens with one attached hydrogen (secondary N) is 1. The summed E-state index contributed by atoms with van der Waals surface area (Å²) in [6, 6.07) is 0. The van der Waals surface area contributed by atoms with E-state index in [-0.39, 0.29) is 0 Å². The van der Waals surface area contributed by atoms with Crippen molar-refractivity contribution in [3.8, 4) is 12.3 Å². The summed E-state index contributed by atoms with van der Waals surface area (Å²) >= 11 is 0. The van der Waals surface area contributed by atoms with Crippen molar-refractivity contribution in [1.82, 2.24) is 5.32 Å². The molecule has 0 bridgehead atoms. The van der Waals surface area contributed by atoms with E-state index in [1.54, 1.807) is 0 Å². The van der Waals surface area contributed by atoms with Crippen LogP contribution >= 0.6 is 0 Å². The van der Waals surface area contributed by atoms with E-state index in [1.807, 2.05) is 0 Å². The van der Waals surface area contributed by atoms with Crippen molar-refractivity contribution in [2.75, 3.05) is 13.1 Å². The molecular weight excluding hydrogens is 158 g/mol. The number of rotatable bonds is 8. The molecule has 0 aromatic rings. The molecule has 1 N–H and O–H groups in total. The Hall–Kier alpha value is -0.480. The van der Waals surface area contributed by atoms with Crippen molar-refractivity contribution in [1.29, 1.82) is 0 Å². The van der Waals surface area contributed by atoms with Gasteiger partial charge in [0.1, 0.15) is 0 Å². The van der Waals surface area contributed by atoms with E-state index in [0.29, 0.717) is 0 Å². The van der Waals surface area contributed by atoms with Crippen molar-refractivity contribution < 1.29 is 0 Å². The number of terminal acetylenes is 1. The van der Waals surface area contributed by atoms with Gasteiger partial charge in [-0.25, -0.2) is 0 Å². The Balaban J connectivity index is 2.88. The van der Waals surface area contributed by atoms with Gasteiger partial charge in [-0.15, -0.1) is 12.3 Å². The van der Waals surface area contributed by atoms with Crippen LogP contribution in [-0.4, -0.2) is 13.1 Å². The molecular formula is C12H23N.